The molecule has 0 aromatic carbocycles. The SMILES string of the molecule is COCc1nn(CC(O)O)/c(=N/C(=O)OCC(C)C)s1. The minimum atomic E-state index is -1.59. The topological polar surface area (TPSA) is 106 Å². The fraction of sp³-hybridized carbons (Fsp3) is 0.727. The van der Waals surface area contributed by atoms with Crippen molar-refractivity contribution in [2.24, 2.45) is 10.9 Å². The van der Waals surface area contributed by atoms with Crippen LogP contribution >= 0.6 is 11.3 Å². The number of aliphatic hydroxyl groups excluding tert-OH is 1. The van der Waals surface area contributed by atoms with E-state index >= 15 is 0 Å². The van der Waals surface area contributed by atoms with Crippen LogP contribution in [0.5, 0.6) is 0 Å². The van der Waals surface area contributed by atoms with E-state index in [4.69, 9.17) is 19.7 Å². The van der Waals surface area contributed by atoms with Gasteiger partial charge < -0.3 is 19.7 Å². The van der Waals surface area contributed by atoms with Crippen LogP contribution in [0, 0.1) is 5.92 Å². The molecule has 0 atom stereocenters. The predicted octanol–water partition coefficient (Wildman–Crippen LogP) is 0.0950. The molecule has 1 amide bonds. The van der Waals surface area contributed by atoms with Gasteiger partial charge in [-0.25, -0.2) is 9.48 Å². The number of carbonyl (C=O) groups excluding carboxylic acids is 1. The van der Waals surface area contributed by atoms with Gasteiger partial charge in [-0.2, -0.15) is 5.10 Å². The quantitative estimate of drug-likeness (QED) is 0.722. The molecule has 0 spiro atoms. The summed E-state index contributed by atoms with van der Waals surface area (Å²) in [5.41, 5.74) is 0. The number of carbonyl (C=O) groups is 1. The number of hydrogen-bond donors (Lipinski definition) is 2. The number of methoxy groups -OCH3 is 1. The van der Waals surface area contributed by atoms with Crippen LogP contribution in [0.3, 0.4) is 0 Å². The third-order valence-electron chi connectivity index (χ3n) is 1.99. The largest absolute Gasteiger partial charge is 0.448 e. The van der Waals surface area contributed by atoms with Crippen molar-refractivity contribution in [3.05, 3.63) is 9.81 Å². The minimum Gasteiger partial charge on any atom is -0.448 e. The van der Waals surface area contributed by atoms with Crippen LogP contribution in [0.1, 0.15) is 18.9 Å². The van der Waals surface area contributed by atoms with E-state index in [0.717, 1.165) is 11.3 Å². The van der Waals surface area contributed by atoms with Crippen molar-refractivity contribution in [2.75, 3.05) is 13.7 Å². The lowest BCUT2D eigenvalue weighted by molar-refractivity contribution is -0.0542. The summed E-state index contributed by atoms with van der Waals surface area (Å²) in [6.07, 6.45) is -2.31. The van der Waals surface area contributed by atoms with Crippen molar-refractivity contribution in [2.45, 2.75) is 33.3 Å². The molecule has 114 valence electrons. The Morgan fingerprint density at radius 2 is 2.20 bits per heavy atom. The van der Waals surface area contributed by atoms with E-state index in [-0.39, 0.29) is 30.5 Å². The van der Waals surface area contributed by atoms with Gasteiger partial charge in [0.25, 0.3) is 0 Å². The molecule has 1 heterocycles. The molecule has 0 aliphatic carbocycles. The van der Waals surface area contributed by atoms with Crippen molar-refractivity contribution in [3.63, 3.8) is 0 Å². The highest BCUT2D eigenvalue weighted by Crippen LogP contribution is 2.02. The summed E-state index contributed by atoms with van der Waals surface area (Å²) in [5.74, 6) is 0.214. The molecule has 1 aromatic rings. The zero-order chi connectivity index (χ0) is 15.1. The van der Waals surface area contributed by atoms with Crippen LogP contribution in [-0.4, -0.2) is 46.1 Å². The van der Waals surface area contributed by atoms with Gasteiger partial charge in [0.15, 0.2) is 6.29 Å². The van der Waals surface area contributed by atoms with Crippen molar-refractivity contribution >= 4 is 17.4 Å². The molecule has 9 heteroatoms. The van der Waals surface area contributed by atoms with Crippen LogP contribution in [0.4, 0.5) is 4.79 Å². The predicted molar refractivity (Wildman–Crippen MR) is 70.8 cm³/mol. The monoisotopic (exact) mass is 305 g/mol. The molecule has 0 unspecified atom stereocenters. The smallest absolute Gasteiger partial charge is 0.436 e. The van der Waals surface area contributed by atoms with E-state index in [1.165, 1.54) is 11.8 Å². The molecule has 20 heavy (non-hydrogen) atoms. The summed E-state index contributed by atoms with van der Waals surface area (Å²) in [5, 5.41) is 22.6. The number of aliphatic hydroxyl groups is 2. The molecule has 1 rings (SSSR count). The average molecular weight is 305 g/mol. The third kappa shape index (κ3) is 5.78. The summed E-state index contributed by atoms with van der Waals surface area (Å²) in [7, 11) is 1.51. The summed E-state index contributed by atoms with van der Waals surface area (Å²) in [6, 6.07) is 0. The van der Waals surface area contributed by atoms with Crippen LogP contribution < -0.4 is 4.80 Å². The van der Waals surface area contributed by atoms with Gasteiger partial charge in [0, 0.05) is 7.11 Å². The highest BCUT2D eigenvalue weighted by atomic mass is 32.1. The minimum absolute atomic E-state index is 0.184. The molecule has 0 saturated carbocycles. The fourth-order valence-electron chi connectivity index (χ4n) is 1.24. The van der Waals surface area contributed by atoms with Gasteiger partial charge in [-0.1, -0.05) is 25.2 Å². The van der Waals surface area contributed by atoms with Gasteiger partial charge in [-0.05, 0) is 5.92 Å². The molecule has 8 nitrogen and oxygen atoms in total. The average Bonchev–Trinajstić information content (AvgIpc) is 2.68. The summed E-state index contributed by atoms with van der Waals surface area (Å²) >= 11 is 1.13. The lowest BCUT2D eigenvalue weighted by atomic mass is 10.2. The lowest BCUT2D eigenvalue weighted by Gasteiger charge is -2.04. The number of amides is 1. The molecule has 0 aliphatic rings. The van der Waals surface area contributed by atoms with Crippen molar-refractivity contribution < 1.29 is 24.5 Å². The Morgan fingerprint density at radius 1 is 1.50 bits per heavy atom. The van der Waals surface area contributed by atoms with Gasteiger partial charge >= 0.3 is 6.09 Å². The lowest BCUT2D eigenvalue weighted by Crippen LogP contribution is -2.25. The van der Waals surface area contributed by atoms with E-state index in [9.17, 15) is 4.79 Å². The van der Waals surface area contributed by atoms with Crippen LogP contribution in [0.2, 0.25) is 0 Å². The Kier molecular flexibility index (Phi) is 6.79. The van der Waals surface area contributed by atoms with E-state index in [1.807, 2.05) is 13.8 Å². The normalized spacial score (nSPS) is 12.4. The first kappa shape index (κ1) is 16.8. The summed E-state index contributed by atoms with van der Waals surface area (Å²) < 4.78 is 11.1. The number of aromatic nitrogens is 2. The number of nitrogens with zero attached hydrogens (tertiary/aromatic N) is 3. The molecule has 0 aliphatic heterocycles. The molecular formula is C11H19N3O5S. The Balaban J connectivity index is 2.92. The molecule has 2 N–H and O–H groups in total. The zero-order valence-electron chi connectivity index (χ0n) is 11.6. The van der Waals surface area contributed by atoms with Gasteiger partial charge in [0.1, 0.15) is 5.01 Å². The standard InChI is InChI=1S/C11H19N3O5S/c1-7(2)5-19-11(17)12-10-14(4-9(15)16)13-8(20-10)6-18-3/h7,9,15-16H,4-6H2,1-3H3/b12-10-. The number of hydrogen-bond acceptors (Lipinski definition) is 7. The zero-order valence-corrected chi connectivity index (χ0v) is 12.5. The number of ether oxygens (including phenoxy) is 2. The Morgan fingerprint density at radius 3 is 2.75 bits per heavy atom. The second-order valence-electron chi connectivity index (χ2n) is 4.46. The fourth-order valence-corrected chi connectivity index (χ4v) is 2.11. The molecule has 0 radical (unpaired) electrons. The molecule has 0 saturated heterocycles. The number of rotatable bonds is 6. The maximum atomic E-state index is 11.5. The first-order valence-electron chi connectivity index (χ1n) is 6.05. The first-order chi connectivity index (χ1) is 9.42. The van der Waals surface area contributed by atoms with Crippen LogP contribution in [0.25, 0.3) is 0 Å². The van der Waals surface area contributed by atoms with E-state index in [0.29, 0.717) is 5.01 Å². The molecule has 1 aromatic heterocycles. The van der Waals surface area contributed by atoms with Crippen molar-refractivity contribution in [1.29, 1.82) is 0 Å². The van der Waals surface area contributed by atoms with Crippen LogP contribution in [-0.2, 0) is 22.6 Å². The highest BCUT2D eigenvalue weighted by Gasteiger charge is 2.10. The maximum absolute atomic E-state index is 11.5. The van der Waals surface area contributed by atoms with E-state index in [2.05, 4.69) is 10.1 Å². The molecular weight excluding hydrogens is 286 g/mol. The van der Waals surface area contributed by atoms with E-state index < -0.39 is 12.4 Å². The van der Waals surface area contributed by atoms with Gasteiger partial charge in [0.2, 0.25) is 4.80 Å². The van der Waals surface area contributed by atoms with Gasteiger partial charge in [-0.3, -0.25) is 0 Å². The molecule has 0 fully saturated rings. The second kappa shape index (κ2) is 8.10. The summed E-state index contributed by atoms with van der Waals surface area (Å²) in [4.78, 5) is 15.5. The Labute approximate surface area is 120 Å². The van der Waals surface area contributed by atoms with Gasteiger partial charge in [0.05, 0.1) is 19.8 Å². The Hall–Kier alpha value is -1.29. The second-order valence-corrected chi connectivity index (χ2v) is 5.50. The van der Waals surface area contributed by atoms with Crippen molar-refractivity contribution in [3.8, 4) is 0 Å². The van der Waals surface area contributed by atoms with Crippen LogP contribution in [0.15, 0.2) is 4.99 Å². The van der Waals surface area contributed by atoms with Gasteiger partial charge in [-0.15, -0.1) is 4.99 Å². The highest BCUT2D eigenvalue weighted by molar-refractivity contribution is 7.08. The van der Waals surface area contributed by atoms with Crippen molar-refractivity contribution in [1.82, 2.24) is 9.78 Å². The first-order valence-corrected chi connectivity index (χ1v) is 6.87. The Bertz CT molecular complexity index is 494. The maximum Gasteiger partial charge on any atom is 0.436 e. The molecule has 0 bridgehead atoms. The third-order valence-corrected chi connectivity index (χ3v) is 2.91. The summed E-state index contributed by atoms with van der Waals surface area (Å²) in [6.45, 7) is 4.17. The van der Waals surface area contributed by atoms with E-state index in [1.54, 1.807) is 0 Å².